The lowest BCUT2D eigenvalue weighted by Gasteiger charge is -2.18. The number of hydrogen-bond acceptors (Lipinski definition) is 3. The normalized spacial score (nSPS) is 20.3. The van der Waals surface area contributed by atoms with E-state index in [1.165, 1.54) is 0 Å². The standard InChI is InChI=1S/C15H24F2N4O2/c1-10(2)14(19-15(22)23)12-7-21(9-18-12)6-11-3-4-20(5-11)8-13(16)17/h7,9-11,13-14,19H,3-6,8H2,1-2H3,(H,22,23)/t11-,14-/m0/s1. The molecule has 0 spiro atoms. The van der Waals surface area contributed by atoms with Gasteiger partial charge in [0.1, 0.15) is 0 Å². The first-order chi connectivity index (χ1) is 10.8. The van der Waals surface area contributed by atoms with E-state index in [4.69, 9.17) is 5.11 Å². The third-order valence-electron chi connectivity index (χ3n) is 4.15. The number of carboxylic acid groups (broad SMARTS) is 1. The SMILES string of the molecule is CC(C)[C@H](NC(=O)O)c1cn(C[C@H]2CCN(CC(F)F)C2)cn1. The molecule has 2 N–H and O–H groups in total. The zero-order chi connectivity index (χ0) is 17.0. The summed E-state index contributed by atoms with van der Waals surface area (Å²) < 4.78 is 26.7. The zero-order valence-electron chi connectivity index (χ0n) is 13.5. The third kappa shape index (κ3) is 5.16. The van der Waals surface area contributed by atoms with Crippen LogP contribution in [0.15, 0.2) is 12.5 Å². The van der Waals surface area contributed by atoms with Gasteiger partial charge in [0.25, 0.3) is 6.43 Å². The molecular weight excluding hydrogens is 306 g/mol. The maximum Gasteiger partial charge on any atom is 0.405 e. The lowest BCUT2D eigenvalue weighted by molar-refractivity contribution is 0.0975. The Morgan fingerprint density at radius 2 is 2.26 bits per heavy atom. The topological polar surface area (TPSA) is 70.4 Å². The van der Waals surface area contributed by atoms with Crippen LogP contribution >= 0.6 is 0 Å². The number of likely N-dealkylation sites (tertiary alicyclic amines) is 1. The molecule has 8 heteroatoms. The summed E-state index contributed by atoms with van der Waals surface area (Å²) in [6.45, 7) is 5.77. The van der Waals surface area contributed by atoms with Gasteiger partial charge in [-0.05, 0) is 24.8 Å². The van der Waals surface area contributed by atoms with Crippen LogP contribution in [0.3, 0.4) is 0 Å². The number of amides is 1. The van der Waals surface area contributed by atoms with Crippen LogP contribution in [0.4, 0.5) is 13.6 Å². The van der Waals surface area contributed by atoms with Crippen molar-refractivity contribution in [3.8, 4) is 0 Å². The van der Waals surface area contributed by atoms with Gasteiger partial charge in [-0.2, -0.15) is 0 Å². The minimum Gasteiger partial charge on any atom is -0.465 e. The highest BCUT2D eigenvalue weighted by Crippen LogP contribution is 2.22. The highest BCUT2D eigenvalue weighted by Gasteiger charge is 2.25. The summed E-state index contributed by atoms with van der Waals surface area (Å²) in [5.41, 5.74) is 0.685. The van der Waals surface area contributed by atoms with E-state index in [1.807, 2.05) is 24.6 Å². The zero-order valence-corrected chi connectivity index (χ0v) is 13.5. The van der Waals surface area contributed by atoms with Crippen molar-refractivity contribution in [1.82, 2.24) is 19.8 Å². The summed E-state index contributed by atoms with van der Waals surface area (Å²) in [5, 5.41) is 11.4. The summed E-state index contributed by atoms with van der Waals surface area (Å²) in [6, 6.07) is -0.354. The third-order valence-corrected chi connectivity index (χ3v) is 4.15. The molecule has 0 bridgehead atoms. The molecule has 1 aromatic heterocycles. The molecule has 2 rings (SSSR count). The minimum absolute atomic E-state index is 0.0856. The molecule has 1 aromatic rings. The molecule has 6 nitrogen and oxygen atoms in total. The number of aromatic nitrogens is 2. The van der Waals surface area contributed by atoms with Gasteiger partial charge in [0.2, 0.25) is 0 Å². The summed E-state index contributed by atoms with van der Waals surface area (Å²) in [7, 11) is 0. The molecule has 0 saturated carbocycles. The fraction of sp³-hybridized carbons (Fsp3) is 0.733. The predicted octanol–water partition coefficient (Wildman–Crippen LogP) is 2.43. The van der Waals surface area contributed by atoms with E-state index in [0.717, 1.165) is 6.42 Å². The van der Waals surface area contributed by atoms with E-state index in [-0.39, 0.29) is 18.5 Å². The highest BCUT2D eigenvalue weighted by molar-refractivity contribution is 5.65. The van der Waals surface area contributed by atoms with E-state index in [0.29, 0.717) is 31.2 Å². The van der Waals surface area contributed by atoms with Crippen molar-refractivity contribution in [1.29, 1.82) is 0 Å². The van der Waals surface area contributed by atoms with Crippen molar-refractivity contribution in [3.05, 3.63) is 18.2 Å². The van der Waals surface area contributed by atoms with Gasteiger partial charge in [0, 0.05) is 19.3 Å². The fourth-order valence-electron chi connectivity index (χ4n) is 3.07. The highest BCUT2D eigenvalue weighted by atomic mass is 19.3. The number of rotatable bonds is 7. The van der Waals surface area contributed by atoms with Crippen LogP contribution in [0.5, 0.6) is 0 Å². The van der Waals surface area contributed by atoms with Gasteiger partial charge in [0.15, 0.2) is 0 Å². The molecule has 130 valence electrons. The number of alkyl halides is 2. The van der Waals surface area contributed by atoms with Crippen molar-refractivity contribution >= 4 is 6.09 Å². The molecule has 23 heavy (non-hydrogen) atoms. The van der Waals surface area contributed by atoms with Crippen LogP contribution in [0.1, 0.15) is 32.0 Å². The smallest absolute Gasteiger partial charge is 0.405 e. The second-order valence-corrected chi connectivity index (χ2v) is 6.47. The number of nitrogens with zero attached hydrogens (tertiary/aromatic N) is 3. The van der Waals surface area contributed by atoms with Crippen molar-refractivity contribution < 1.29 is 18.7 Å². The molecule has 1 fully saturated rings. The Balaban J connectivity index is 1.93. The molecule has 1 saturated heterocycles. The van der Waals surface area contributed by atoms with E-state index < -0.39 is 12.5 Å². The van der Waals surface area contributed by atoms with Gasteiger partial charge in [-0.1, -0.05) is 13.8 Å². The monoisotopic (exact) mass is 330 g/mol. The largest absolute Gasteiger partial charge is 0.465 e. The van der Waals surface area contributed by atoms with Crippen LogP contribution in [0.2, 0.25) is 0 Å². The number of nitrogens with one attached hydrogen (secondary N) is 1. The Morgan fingerprint density at radius 1 is 1.52 bits per heavy atom. The van der Waals surface area contributed by atoms with Gasteiger partial charge < -0.3 is 15.0 Å². The van der Waals surface area contributed by atoms with Crippen molar-refractivity contribution in [2.45, 2.75) is 39.3 Å². The van der Waals surface area contributed by atoms with Crippen LogP contribution in [0, 0.1) is 11.8 Å². The van der Waals surface area contributed by atoms with E-state index in [1.54, 1.807) is 11.2 Å². The van der Waals surface area contributed by atoms with Gasteiger partial charge in [0.05, 0.1) is 24.6 Å². The first-order valence-electron chi connectivity index (χ1n) is 7.86. The lowest BCUT2D eigenvalue weighted by atomic mass is 10.0. The van der Waals surface area contributed by atoms with Crippen LogP contribution in [-0.4, -0.2) is 51.7 Å². The average Bonchev–Trinajstić information content (AvgIpc) is 3.05. The Labute approximate surface area is 134 Å². The Kier molecular flexibility index (Phi) is 5.92. The minimum atomic E-state index is -2.29. The maximum absolute atomic E-state index is 12.4. The van der Waals surface area contributed by atoms with Gasteiger partial charge in [-0.15, -0.1) is 0 Å². The van der Waals surface area contributed by atoms with E-state index in [9.17, 15) is 13.6 Å². The number of carbonyl (C=O) groups is 1. The van der Waals surface area contributed by atoms with E-state index >= 15 is 0 Å². The first kappa shape index (κ1) is 17.7. The second kappa shape index (κ2) is 7.72. The molecule has 2 atom stereocenters. The van der Waals surface area contributed by atoms with Crippen molar-refractivity contribution in [2.75, 3.05) is 19.6 Å². The van der Waals surface area contributed by atoms with Crippen LogP contribution in [-0.2, 0) is 6.54 Å². The summed E-state index contributed by atoms with van der Waals surface area (Å²) in [6.07, 6.45) is 1.06. The molecular formula is C15H24F2N4O2. The number of imidazole rings is 1. The molecule has 0 unspecified atom stereocenters. The number of halogens is 2. The Hall–Kier alpha value is -1.70. The van der Waals surface area contributed by atoms with Gasteiger partial charge in [-0.3, -0.25) is 4.90 Å². The van der Waals surface area contributed by atoms with Crippen LogP contribution < -0.4 is 5.32 Å². The van der Waals surface area contributed by atoms with E-state index in [2.05, 4.69) is 10.3 Å². The quantitative estimate of drug-likeness (QED) is 0.805. The molecule has 2 heterocycles. The Bertz CT molecular complexity index is 521. The fourth-order valence-corrected chi connectivity index (χ4v) is 3.07. The summed E-state index contributed by atoms with van der Waals surface area (Å²) in [4.78, 5) is 17.0. The lowest BCUT2D eigenvalue weighted by Crippen LogP contribution is -2.30. The molecule has 0 radical (unpaired) electrons. The van der Waals surface area contributed by atoms with Crippen molar-refractivity contribution in [3.63, 3.8) is 0 Å². The van der Waals surface area contributed by atoms with Gasteiger partial charge in [-0.25, -0.2) is 18.6 Å². The van der Waals surface area contributed by atoms with Crippen molar-refractivity contribution in [2.24, 2.45) is 11.8 Å². The predicted molar refractivity (Wildman–Crippen MR) is 81.5 cm³/mol. The summed E-state index contributed by atoms with van der Waals surface area (Å²) in [5.74, 6) is 0.406. The second-order valence-electron chi connectivity index (χ2n) is 6.47. The Morgan fingerprint density at radius 3 is 2.87 bits per heavy atom. The summed E-state index contributed by atoms with van der Waals surface area (Å²) >= 11 is 0. The molecule has 1 amide bonds. The first-order valence-corrected chi connectivity index (χ1v) is 7.86. The van der Waals surface area contributed by atoms with Gasteiger partial charge >= 0.3 is 6.09 Å². The molecule has 0 aromatic carbocycles. The maximum atomic E-state index is 12.4. The number of hydrogen-bond donors (Lipinski definition) is 2. The molecule has 1 aliphatic heterocycles. The average molecular weight is 330 g/mol. The molecule has 1 aliphatic rings. The van der Waals surface area contributed by atoms with Crippen LogP contribution in [0.25, 0.3) is 0 Å². The molecule has 0 aliphatic carbocycles.